The molecule has 180 valence electrons. The molecule has 0 aromatic heterocycles. The smallest absolute Gasteiger partial charge is 0.222 e. The van der Waals surface area contributed by atoms with E-state index in [-0.39, 0.29) is 17.2 Å². The average Bonchev–Trinajstić information content (AvgIpc) is 2.92. The van der Waals surface area contributed by atoms with Crippen molar-refractivity contribution in [3.63, 3.8) is 0 Å². The molecule has 0 atom stereocenters. The van der Waals surface area contributed by atoms with Crippen molar-refractivity contribution < 1.29 is 9.47 Å². The third-order valence-electron chi connectivity index (χ3n) is 7.15. The van der Waals surface area contributed by atoms with Crippen LogP contribution in [0.25, 0.3) is 21.9 Å². The first-order valence-corrected chi connectivity index (χ1v) is 12.3. The molecule has 6 rings (SSSR count). The van der Waals surface area contributed by atoms with Crippen LogP contribution in [0.5, 0.6) is 11.5 Å². The van der Waals surface area contributed by atoms with E-state index in [1.54, 1.807) is 12.1 Å². The highest BCUT2D eigenvalue weighted by atomic mass is 16.5. The zero-order chi connectivity index (χ0) is 25.6. The Hall–Kier alpha value is -4.70. The fourth-order valence-corrected chi connectivity index (χ4v) is 5.22. The van der Waals surface area contributed by atoms with Crippen molar-refractivity contribution in [1.82, 2.24) is 0 Å². The van der Waals surface area contributed by atoms with E-state index in [9.17, 15) is 0 Å². The normalized spacial score (nSPS) is 13.2. The molecule has 0 amide bonds. The number of ether oxygens (including phenoxy) is 2. The predicted octanol–water partition coefficient (Wildman–Crippen LogP) is 8.31. The van der Waals surface area contributed by atoms with E-state index in [1.165, 1.54) is 0 Å². The van der Waals surface area contributed by atoms with Gasteiger partial charge in [0.25, 0.3) is 0 Å². The standard InChI is InChI=1S/C33H26N2O2/c1-33(2)26-16-8-9-18-28(26)36-30-25(15-10-17-27(30)33)24-20-19-21-11-6-7-14-23(21)29(24)32(35)37-31(34)22-12-4-3-5-13-22/h3-20,34-35H,1-2H3. The molecule has 4 nitrogen and oxygen atoms in total. The van der Waals surface area contributed by atoms with Crippen molar-refractivity contribution in [2.45, 2.75) is 19.3 Å². The van der Waals surface area contributed by atoms with Gasteiger partial charge in [-0.3, -0.25) is 10.8 Å². The second kappa shape index (κ2) is 8.75. The first kappa shape index (κ1) is 22.7. The van der Waals surface area contributed by atoms with Gasteiger partial charge >= 0.3 is 0 Å². The molecule has 0 saturated heterocycles. The maximum Gasteiger partial charge on any atom is 0.222 e. The van der Waals surface area contributed by atoms with Gasteiger partial charge in [0.15, 0.2) is 0 Å². The third kappa shape index (κ3) is 3.78. The van der Waals surface area contributed by atoms with Crippen molar-refractivity contribution >= 4 is 22.6 Å². The predicted molar refractivity (Wildman–Crippen MR) is 149 cm³/mol. The lowest BCUT2D eigenvalue weighted by Gasteiger charge is -2.35. The molecular weight excluding hydrogens is 456 g/mol. The lowest BCUT2D eigenvalue weighted by atomic mass is 9.74. The molecule has 5 aromatic rings. The van der Waals surface area contributed by atoms with Gasteiger partial charge in [0.1, 0.15) is 11.5 Å². The van der Waals surface area contributed by atoms with Crippen LogP contribution in [-0.2, 0) is 10.2 Å². The van der Waals surface area contributed by atoms with E-state index in [2.05, 4.69) is 32.0 Å². The number of hydrogen-bond acceptors (Lipinski definition) is 4. The summed E-state index contributed by atoms with van der Waals surface area (Å²) in [4.78, 5) is 0. The van der Waals surface area contributed by atoms with Crippen LogP contribution in [-0.4, -0.2) is 11.8 Å². The highest BCUT2D eigenvalue weighted by Gasteiger charge is 2.35. The summed E-state index contributed by atoms with van der Waals surface area (Å²) in [5.41, 5.74) is 4.95. The maximum absolute atomic E-state index is 9.01. The molecule has 0 bridgehead atoms. The first-order chi connectivity index (χ1) is 17.9. The molecule has 37 heavy (non-hydrogen) atoms. The van der Waals surface area contributed by atoms with Gasteiger partial charge in [0.2, 0.25) is 11.8 Å². The molecule has 0 saturated carbocycles. The number of rotatable bonds is 3. The van der Waals surface area contributed by atoms with Crippen molar-refractivity contribution in [3.8, 4) is 22.6 Å². The zero-order valence-corrected chi connectivity index (χ0v) is 20.7. The summed E-state index contributed by atoms with van der Waals surface area (Å²) in [7, 11) is 0. The minimum atomic E-state index is -0.253. The summed E-state index contributed by atoms with van der Waals surface area (Å²) < 4.78 is 12.4. The molecule has 1 aliphatic rings. The van der Waals surface area contributed by atoms with Crippen molar-refractivity contribution in [1.29, 1.82) is 10.8 Å². The van der Waals surface area contributed by atoms with Crippen LogP contribution in [0.4, 0.5) is 0 Å². The Morgan fingerprint density at radius 2 is 1.35 bits per heavy atom. The van der Waals surface area contributed by atoms with E-state index in [1.807, 2.05) is 78.9 Å². The van der Waals surface area contributed by atoms with Gasteiger partial charge in [0, 0.05) is 27.7 Å². The Balaban J connectivity index is 1.53. The minimum absolute atomic E-state index is 0.0640. The Morgan fingerprint density at radius 3 is 2.19 bits per heavy atom. The number of fused-ring (bicyclic) bond motifs is 3. The Labute approximate surface area is 216 Å². The van der Waals surface area contributed by atoms with Crippen LogP contribution in [0.3, 0.4) is 0 Å². The quantitative estimate of drug-likeness (QED) is 0.201. The van der Waals surface area contributed by atoms with Crippen LogP contribution in [0.2, 0.25) is 0 Å². The van der Waals surface area contributed by atoms with Crippen molar-refractivity contribution in [2.75, 3.05) is 0 Å². The SMILES string of the molecule is CC1(C)c2ccccc2Oc2c(-c3ccc4ccccc4c3C(=N)OC(=N)c3ccccc3)cccc21. The van der Waals surface area contributed by atoms with E-state index in [4.69, 9.17) is 20.3 Å². The minimum Gasteiger partial charge on any atom is -0.456 e. The lowest BCUT2D eigenvalue weighted by Crippen LogP contribution is -2.24. The van der Waals surface area contributed by atoms with Gasteiger partial charge in [-0.2, -0.15) is 0 Å². The first-order valence-electron chi connectivity index (χ1n) is 12.3. The fraction of sp³-hybridized carbons (Fsp3) is 0.0909. The van der Waals surface area contributed by atoms with Crippen LogP contribution >= 0.6 is 0 Å². The highest BCUT2D eigenvalue weighted by Crippen LogP contribution is 2.51. The monoisotopic (exact) mass is 482 g/mol. The van der Waals surface area contributed by atoms with Gasteiger partial charge in [-0.25, -0.2) is 0 Å². The number of hydrogen-bond donors (Lipinski definition) is 2. The molecule has 2 N–H and O–H groups in total. The fourth-order valence-electron chi connectivity index (χ4n) is 5.22. The van der Waals surface area contributed by atoms with E-state index >= 15 is 0 Å². The molecular formula is C33H26N2O2. The molecule has 5 aromatic carbocycles. The average molecular weight is 483 g/mol. The van der Waals surface area contributed by atoms with Gasteiger partial charge in [-0.05, 0) is 34.5 Å². The van der Waals surface area contributed by atoms with Gasteiger partial charge < -0.3 is 9.47 Å². The molecule has 1 heterocycles. The summed E-state index contributed by atoms with van der Waals surface area (Å²) in [6, 6.07) is 35.6. The molecule has 1 aliphatic heterocycles. The summed E-state index contributed by atoms with van der Waals surface area (Å²) in [6.07, 6.45) is 0. The summed E-state index contributed by atoms with van der Waals surface area (Å²) in [6.45, 7) is 4.43. The van der Waals surface area contributed by atoms with Gasteiger partial charge in [-0.1, -0.05) is 105 Å². The molecule has 0 spiro atoms. The lowest BCUT2D eigenvalue weighted by molar-refractivity contribution is 0.419. The largest absolute Gasteiger partial charge is 0.456 e. The van der Waals surface area contributed by atoms with Crippen LogP contribution in [0.15, 0.2) is 109 Å². The summed E-state index contributed by atoms with van der Waals surface area (Å²) >= 11 is 0. The third-order valence-corrected chi connectivity index (χ3v) is 7.15. The molecule has 0 unspecified atom stereocenters. The number of benzene rings is 5. The number of nitrogens with one attached hydrogen (secondary N) is 2. The van der Waals surface area contributed by atoms with Crippen LogP contribution in [0.1, 0.15) is 36.1 Å². The number of para-hydroxylation sites is 2. The zero-order valence-electron chi connectivity index (χ0n) is 20.7. The van der Waals surface area contributed by atoms with Crippen molar-refractivity contribution in [2.24, 2.45) is 0 Å². The molecule has 4 heteroatoms. The maximum atomic E-state index is 9.01. The van der Waals surface area contributed by atoms with Crippen molar-refractivity contribution in [3.05, 3.63) is 131 Å². The highest BCUT2D eigenvalue weighted by molar-refractivity contribution is 6.15. The van der Waals surface area contributed by atoms with E-state index in [0.29, 0.717) is 11.1 Å². The second-order valence-corrected chi connectivity index (χ2v) is 9.74. The van der Waals surface area contributed by atoms with Crippen LogP contribution < -0.4 is 4.74 Å². The Bertz CT molecular complexity index is 1690. The molecule has 0 fully saturated rings. The van der Waals surface area contributed by atoms with Gasteiger partial charge in [0.05, 0.1) is 5.56 Å². The van der Waals surface area contributed by atoms with E-state index in [0.717, 1.165) is 44.5 Å². The topological polar surface area (TPSA) is 66.2 Å². The molecule has 0 radical (unpaired) electrons. The van der Waals surface area contributed by atoms with Crippen LogP contribution in [0, 0.1) is 10.8 Å². The summed E-state index contributed by atoms with van der Waals surface area (Å²) in [5, 5.41) is 19.4. The Morgan fingerprint density at radius 1 is 0.649 bits per heavy atom. The van der Waals surface area contributed by atoms with E-state index < -0.39 is 0 Å². The summed E-state index contributed by atoms with van der Waals surface area (Å²) in [5.74, 6) is 1.49. The Kier molecular flexibility index (Phi) is 5.38. The molecule has 0 aliphatic carbocycles. The second-order valence-electron chi connectivity index (χ2n) is 9.74. The van der Waals surface area contributed by atoms with Gasteiger partial charge in [-0.15, -0.1) is 0 Å².